The number of hydrogen-bond donors (Lipinski definition) is 3. The molecule has 180 valence electrons. The summed E-state index contributed by atoms with van der Waals surface area (Å²) in [6.45, 7) is 4.76. The van der Waals surface area contributed by atoms with Crippen molar-refractivity contribution in [2.75, 3.05) is 11.9 Å². The third kappa shape index (κ3) is 5.63. The molecule has 1 saturated heterocycles. The highest BCUT2D eigenvalue weighted by Gasteiger charge is 2.26. The standard InChI is InChI=1S/C23H26ClN5O5/c1-14(2)9-18(29-13-15(10-21(29)30)33-19-6-4-3-5-17(19)24)22(31)26-20-7-8-28(27-20)12-16-11-25-23(32)34-16/h3-8,10,13-14,16,18,30H,9,11-12H2,1-2H3,(H,25,32)(H,26,27,31)/t16-,18-/m0/s1. The van der Waals surface area contributed by atoms with Crippen LogP contribution in [-0.2, 0) is 16.1 Å². The van der Waals surface area contributed by atoms with Crippen molar-refractivity contribution < 1.29 is 24.2 Å². The smallest absolute Gasteiger partial charge is 0.407 e. The van der Waals surface area contributed by atoms with Crippen LogP contribution in [0.4, 0.5) is 10.6 Å². The second-order valence-electron chi connectivity index (χ2n) is 8.44. The monoisotopic (exact) mass is 487 g/mol. The third-order valence-corrected chi connectivity index (χ3v) is 5.54. The van der Waals surface area contributed by atoms with E-state index in [9.17, 15) is 14.7 Å². The Bertz CT molecular complexity index is 1170. The van der Waals surface area contributed by atoms with E-state index >= 15 is 0 Å². The van der Waals surface area contributed by atoms with E-state index in [-0.39, 0.29) is 23.8 Å². The van der Waals surface area contributed by atoms with Gasteiger partial charge in [-0.1, -0.05) is 37.6 Å². The number of carbonyl (C=O) groups excluding carboxylic acids is 2. The van der Waals surface area contributed by atoms with Gasteiger partial charge in [0.05, 0.1) is 24.3 Å². The number of amides is 2. The number of nitrogens with zero attached hydrogens (tertiary/aromatic N) is 3. The topological polar surface area (TPSA) is 120 Å². The summed E-state index contributed by atoms with van der Waals surface area (Å²) in [4.78, 5) is 24.4. The maximum absolute atomic E-state index is 13.2. The average molecular weight is 488 g/mol. The fourth-order valence-electron chi connectivity index (χ4n) is 3.68. The van der Waals surface area contributed by atoms with Gasteiger partial charge in [0, 0.05) is 18.3 Å². The molecule has 34 heavy (non-hydrogen) atoms. The van der Waals surface area contributed by atoms with E-state index in [2.05, 4.69) is 15.7 Å². The summed E-state index contributed by atoms with van der Waals surface area (Å²) in [5.41, 5.74) is 0. The van der Waals surface area contributed by atoms with Crippen LogP contribution in [0, 0.1) is 5.92 Å². The molecule has 0 spiro atoms. The quantitative estimate of drug-likeness (QED) is 0.416. The molecule has 2 atom stereocenters. The molecule has 1 fully saturated rings. The van der Waals surface area contributed by atoms with Gasteiger partial charge in [0.2, 0.25) is 5.91 Å². The van der Waals surface area contributed by atoms with Crippen LogP contribution in [0.5, 0.6) is 17.4 Å². The number of aromatic nitrogens is 3. The molecular formula is C23H26ClN5O5. The van der Waals surface area contributed by atoms with Crippen molar-refractivity contribution in [1.29, 1.82) is 0 Å². The molecule has 0 aliphatic carbocycles. The van der Waals surface area contributed by atoms with Crippen molar-refractivity contribution in [3.63, 3.8) is 0 Å². The van der Waals surface area contributed by atoms with Gasteiger partial charge in [-0.05, 0) is 24.5 Å². The Morgan fingerprint density at radius 3 is 2.88 bits per heavy atom. The average Bonchev–Trinajstić information content (AvgIpc) is 3.49. The summed E-state index contributed by atoms with van der Waals surface area (Å²) in [5.74, 6) is 0.894. The molecule has 1 aromatic carbocycles. The number of nitrogens with one attached hydrogen (secondary N) is 2. The van der Waals surface area contributed by atoms with Crippen molar-refractivity contribution in [1.82, 2.24) is 19.7 Å². The van der Waals surface area contributed by atoms with Crippen LogP contribution in [0.15, 0.2) is 48.8 Å². The van der Waals surface area contributed by atoms with Crippen molar-refractivity contribution in [2.45, 2.75) is 39.0 Å². The molecule has 1 aliphatic heterocycles. The predicted molar refractivity (Wildman–Crippen MR) is 125 cm³/mol. The molecule has 10 nitrogen and oxygen atoms in total. The zero-order valence-electron chi connectivity index (χ0n) is 18.8. The van der Waals surface area contributed by atoms with E-state index < -0.39 is 12.1 Å². The van der Waals surface area contributed by atoms with Gasteiger partial charge in [0.25, 0.3) is 0 Å². The second kappa shape index (κ2) is 10.1. The van der Waals surface area contributed by atoms with Gasteiger partial charge in [-0.2, -0.15) is 5.10 Å². The fraction of sp³-hybridized carbons (Fsp3) is 0.348. The van der Waals surface area contributed by atoms with Crippen LogP contribution in [0.25, 0.3) is 0 Å². The lowest BCUT2D eigenvalue weighted by atomic mass is 10.0. The minimum atomic E-state index is -0.700. The molecule has 2 aromatic heterocycles. The van der Waals surface area contributed by atoms with Gasteiger partial charge in [-0.15, -0.1) is 0 Å². The molecule has 2 amide bonds. The normalized spacial score (nSPS) is 16.2. The van der Waals surface area contributed by atoms with Crippen LogP contribution < -0.4 is 15.4 Å². The lowest BCUT2D eigenvalue weighted by Gasteiger charge is -2.20. The van der Waals surface area contributed by atoms with Gasteiger partial charge in [0.1, 0.15) is 23.6 Å². The van der Waals surface area contributed by atoms with Crippen molar-refractivity contribution >= 4 is 29.4 Å². The minimum absolute atomic E-state index is 0.107. The highest BCUT2D eigenvalue weighted by molar-refractivity contribution is 6.32. The SMILES string of the molecule is CC(C)C[C@@H](C(=O)Nc1ccn(C[C@@H]2CNC(=O)O2)n1)n1cc(Oc2ccccc2Cl)cc1O. The third-order valence-electron chi connectivity index (χ3n) is 5.23. The van der Waals surface area contributed by atoms with Gasteiger partial charge in [-0.3, -0.25) is 9.48 Å². The Hall–Kier alpha value is -3.66. The number of halogens is 1. The molecule has 3 heterocycles. The molecule has 0 saturated carbocycles. The summed E-state index contributed by atoms with van der Waals surface area (Å²) in [7, 11) is 0. The van der Waals surface area contributed by atoms with Crippen LogP contribution in [-0.4, -0.2) is 44.1 Å². The number of anilines is 1. The zero-order valence-corrected chi connectivity index (χ0v) is 19.5. The Morgan fingerprint density at radius 1 is 1.38 bits per heavy atom. The number of benzene rings is 1. The lowest BCUT2D eigenvalue weighted by Crippen LogP contribution is -2.27. The summed E-state index contributed by atoms with van der Waals surface area (Å²) in [6.07, 6.45) is 2.97. The van der Waals surface area contributed by atoms with Crippen molar-refractivity contribution in [3.8, 4) is 17.4 Å². The number of carbonyl (C=O) groups is 2. The molecule has 0 radical (unpaired) electrons. The summed E-state index contributed by atoms with van der Waals surface area (Å²) in [6, 6.07) is 9.40. The first-order valence-electron chi connectivity index (χ1n) is 10.9. The Kier molecular flexibility index (Phi) is 6.97. The summed E-state index contributed by atoms with van der Waals surface area (Å²) in [5, 5.41) is 20.7. The second-order valence-corrected chi connectivity index (χ2v) is 8.85. The highest BCUT2D eigenvalue weighted by atomic mass is 35.5. The molecule has 0 bridgehead atoms. The van der Waals surface area contributed by atoms with Crippen molar-refractivity contribution in [2.24, 2.45) is 5.92 Å². The van der Waals surface area contributed by atoms with Gasteiger partial charge in [0.15, 0.2) is 11.7 Å². The van der Waals surface area contributed by atoms with Gasteiger partial charge >= 0.3 is 6.09 Å². The molecular weight excluding hydrogens is 462 g/mol. The highest BCUT2D eigenvalue weighted by Crippen LogP contribution is 2.34. The molecule has 1 aliphatic rings. The minimum Gasteiger partial charge on any atom is -0.494 e. The number of cyclic esters (lactones) is 1. The van der Waals surface area contributed by atoms with E-state index in [1.807, 2.05) is 13.8 Å². The number of hydrogen-bond acceptors (Lipinski definition) is 6. The van der Waals surface area contributed by atoms with E-state index in [0.29, 0.717) is 41.8 Å². The van der Waals surface area contributed by atoms with Gasteiger partial charge < -0.3 is 29.8 Å². The maximum Gasteiger partial charge on any atom is 0.407 e. The van der Waals surface area contributed by atoms with E-state index in [4.69, 9.17) is 21.1 Å². The van der Waals surface area contributed by atoms with E-state index in [1.54, 1.807) is 47.4 Å². The van der Waals surface area contributed by atoms with E-state index in [1.165, 1.54) is 10.6 Å². The van der Waals surface area contributed by atoms with Crippen LogP contribution in [0.2, 0.25) is 5.02 Å². The molecule has 3 N–H and O–H groups in total. The number of alkyl carbamates (subject to hydrolysis) is 1. The molecule has 4 rings (SSSR count). The first kappa shape index (κ1) is 23.5. The van der Waals surface area contributed by atoms with E-state index in [0.717, 1.165) is 0 Å². The van der Waals surface area contributed by atoms with Crippen LogP contribution in [0.3, 0.4) is 0 Å². The van der Waals surface area contributed by atoms with Crippen LogP contribution in [0.1, 0.15) is 26.3 Å². The Balaban J connectivity index is 1.47. The summed E-state index contributed by atoms with van der Waals surface area (Å²) >= 11 is 6.16. The molecule has 0 unspecified atom stereocenters. The molecule has 11 heteroatoms. The number of rotatable bonds is 9. The predicted octanol–water partition coefficient (Wildman–Crippen LogP) is 4.17. The first-order chi connectivity index (χ1) is 16.3. The number of aromatic hydroxyl groups is 1. The lowest BCUT2D eigenvalue weighted by molar-refractivity contribution is -0.119. The molecule has 3 aromatic rings. The van der Waals surface area contributed by atoms with Gasteiger partial charge in [-0.25, -0.2) is 4.79 Å². The first-order valence-corrected chi connectivity index (χ1v) is 11.3. The number of ether oxygens (including phenoxy) is 2. The zero-order chi connectivity index (χ0) is 24.2. The summed E-state index contributed by atoms with van der Waals surface area (Å²) < 4.78 is 14.0. The number of para-hydroxylation sites is 1. The maximum atomic E-state index is 13.2. The Labute approximate surface area is 201 Å². The largest absolute Gasteiger partial charge is 0.494 e. The van der Waals surface area contributed by atoms with Crippen molar-refractivity contribution in [3.05, 3.63) is 53.8 Å². The van der Waals surface area contributed by atoms with Crippen LogP contribution >= 0.6 is 11.6 Å². The Morgan fingerprint density at radius 2 is 2.18 bits per heavy atom. The fourth-order valence-corrected chi connectivity index (χ4v) is 3.85.